The van der Waals surface area contributed by atoms with Gasteiger partial charge in [0.05, 0.1) is 30.4 Å². The van der Waals surface area contributed by atoms with Crippen LogP contribution in [0.3, 0.4) is 0 Å². The van der Waals surface area contributed by atoms with Gasteiger partial charge in [-0.15, -0.1) is 6.58 Å². The molecule has 0 N–H and O–H groups in total. The Bertz CT molecular complexity index is 1080. The Morgan fingerprint density at radius 3 is 2.79 bits per heavy atom. The zero-order valence-electron chi connectivity index (χ0n) is 16.4. The lowest BCUT2D eigenvalue weighted by atomic mass is 10.1. The third kappa shape index (κ3) is 4.34. The van der Waals surface area contributed by atoms with Gasteiger partial charge < -0.3 is 14.0 Å². The van der Waals surface area contributed by atoms with Crippen LogP contribution in [-0.4, -0.2) is 24.2 Å². The van der Waals surface area contributed by atoms with Crippen molar-refractivity contribution in [1.29, 1.82) is 0 Å². The maximum absolute atomic E-state index is 12.6. The van der Waals surface area contributed by atoms with E-state index in [1.165, 1.54) is 11.3 Å². The van der Waals surface area contributed by atoms with Crippen LogP contribution in [0.2, 0.25) is 0 Å². The van der Waals surface area contributed by atoms with Crippen LogP contribution < -0.4 is 14.3 Å². The zero-order valence-corrected chi connectivity index (χ0v) is 17.2. The molecule has 28 heavy (non-hydrogen) atoms. The van der Waals surface area contributed by atoms with E-state index in [1.807, 2.05) is 54.8 Å². The van der Waals surface area contributed by atoms with Crippen LogP contribution in [0.25, 0.3) is 10.2 Å². The molecule has 0 spiro atoms. The lowest BCUT2D eigenvalue weighted by Gasteiger charge is -2.06. The predicted molar refractivity (Wildman–Crippen MR) is 113 cm³/mol. The summed E-state index contributed by atoms with van der Waals surface area (Å²) < 4.78 is 13.9. The number of allylic oxidation sites excluding steroid dienone is 1. The molecule has 0 bridgehead atoms. The SMILES string of the molecule is C=CCn1c(=NC(=O)Cc2ccc(OC)c(C)c2)sc2cc(OCC)ccc21. The second kappa shape index (κ2) is 8.89. The van der Waals surface area contributed by atoms with E-state index in [-0.39, 0.29) is 12.3 Å². The first-order valence-corrected chi connectivity index (χ1v) is 9.95. The van der Waals surface area contributed by atoms with Gasteiger partial charge in [-0.05, 0) is 49.2 Å². The van der Waals surface area contributed by atoms with E-state index in [9.17, 15) is 4.79 Å². The van der Waals surface area contributed by atoms with Crippen molar-refractivity contribution in [2.45, 2.75) is 26.8 Å². The van der Waals surface area contributed by atoms with E-state index >= 15 is 0 Å². The van der Waals surface area contributed by atoms with Crippen LogP contribution >= 0.6 is 11.3 Å². The fourth-order valence-corrected chi connectivity index (χ4v) is 4.16. The summed E-state index contributed by atoms with van der Waals surface area (Å²) in [6.07, 6.45) is 2.05. The van der Waals surface area contributed by atoms with Crippen molar-refractivity contribution >= 4 is 27.5 Å². The molecule has 0 fully saturated rings. The fourth-order valence-electron chi connectivity index (χ4n) is 3.07. The van der Waals surface area contributed by atoms with Crippen molar-refractivity contribution in [2.24, 2.45) is 4.99 Å². The summed E-state index contributed by atoms with van der Waals surface area (Å²) in [6.45, 7) is 8.94. The normalized spacial score (nSPS) is 11.6. The zero-order chi connectivity index (χ0) is 20.1. The Morgan fingerprint density at radius 2 is 2.11 bits per heavy atom. The van der Waals surface area contributed by atoms with Crippen molar-refractivity contribution in [2.75, 3.05) is 13.7 Å². The summed E-state index contributed by atoms with van der Waals surface area (Å²) in [5.41, 5.74) is 2.93. The summed E-state index contributed by atoms with van der Waals surface area (Å²) in [5.74, 6) is 1.44. The largest absolute Gasteiger partial charge is 0.496 e. The monoisotopic (exact) mass is 396 g/mol. The molecule has 0 aliphatic carbocycles. The van der Waals surface area contributed by atoms with Crippen LogP contribution in [0.4, 0.5) is 0 Å². The average Bonchev–Trinajstić information content (AvgIpc) is 2.99. The summed E-state index contributed by atoms with van der Waals surface area (Å²) in [6, 6.07) is 11.7. The number of rotatable bonds is 7. The Morgan fingerprint density at radius 1 is 1.29 bits per heavy atom. The van der Waals surface area contributed by atoms with Crippen molar-refractivity contribution in [1.82, 2.24) is 4.57 Å². The van der Waals surface area contributed by atoms with Gasteiger partial charge in [0.2, 0.25) is 0 Å². The predicted octanol–water partition coefficient (Wildman–Crippen LogP) is 4.27. The molecule has 3 rings (SSSR count). The van der Waals surface area contributed by atoms with Gasteiger partial charge in [0, 0.05) is 6.54 Å². The fraction of sp³-hybridized carbons (Fsp3) is 0.273. The molecule has 0 unspecified atom stereocenters. The van der Waals surface area contributed by atoms with Gasteiger partial charge in [-0.25, -0.2) is 0 Å². The highest BCUT2D eigenvalue weighted by molar-refractivity contribution is 7.16. The molecule has 0 saturated heterocycles. The summed E-state index contributed by atoms with van der Waals surface area (Å²) >= 11 is 1.48. The van der Waals surface area contributed by atoms with Crippen LogP contribution in [-0.2, 0) is 17.8 Å². The number of thiazole rings is 1. The minimum Gasteiger partial charge on any atom is -0.496 e. The number of amides is 1. The number of ether oxygens (including phenoxy) is 2. The first kappa shape index (κ1) is 19.9. The van der Waals surface area contributed by atoms with Gasteiger partial charge >= 0.3 is 0 Å². The smallest absolute Gasteiger partial charge is 0.252 e. The molecule has 0 aliphatic rings. The van der Waals surface area contributed by atoms with Gasteiger partial charge in [0.1, 0.15) is 11.5 Å². The average molecular weight is 397 g/mol. The molecule has 0 saturated carbocycles. The van der Waals surface area contributed by atoms with Gasteiger partial charge in [-0.2, -0.15) is 4.99 Å². The second-order valence-corrected chi connectivity index (χ2v) is 7.34. The highest BCUT2D eigenvalue weighted by Crippen LogP contribution is 2.24. The number of hydrogen-bond acceptors (Lipinski definition) is 4. The molecular formula is C22H24N2O3S. The number of carbonyl (C=O) groups excluding carboxylic acids is 1. The van der Waals surface area contributed by atoms with Gasteiger partial charge in [-0.1, -0.05) is 29.5 Å². The molecule has 0 atom stereocenters. The Labute approximate surface area is 168 Å². The number of hydrogen-bond donors (Lipinski definition) is 0. The van der Waals surface area contributed by atoms with Crippen LogP contribution in [0.5, 0.6) is 11.5 Å². The lowest BCUT2D eigenvalue weighted by Crippen LogP contribution is -2.17. The molecule has 1 aromatic heterocycles. The minimum atomic E-state index is -0.182. The van der Waals surface area contributed by atoms with Crippen LogP contribution in [0, 0.1) is 6.92 Å². The first-order chi connectivity index (χ1) is 13.5. The molecule has 2 aromatic carbocycles. The standard InChI is InChI=1S/C22H24N2O3S/c1-5-11-24-18-9-8-17(27-6-2)14-20(18)28-22(24)23-21(25)13-16-7-10-19(26-4)15(3)12-16/h5,7-10,12,14H,1,6,11,13H2,2-4H3. The number of carbonyl (C=O) groups is 1. The molecule has 1 heterocycles. The van der Waals surface area contributed by atoms with E-state index in [1.54, 1.807) is 13.2 Å². The molecule has 1 amide bonds. The Kier molecular flexibility index (Phi) is 6.31. The van der Waals surface area contributed by atoms with E-state index in [4.69, 9.17) is 9.47 Å². The highest BCUT2D eigenvalue weighted by atomic mass is 32.1. The van der Waals surface area contributed by atoms with Crippen molar-refractivity contribution in [3.63, 3.8) is 0 Å². The molecule has 3 aromatic rings. The Balaban J connectivity index is 1.95. The van der Waals surface area contributed by atoms with E-state index < -0.39 is 0 Å². The van der Waals surface area contributed by atoms with Gasteiger partial charge in [-0.3, -0.25) is 4.79 Å². The molecule has 0 aliphatic heterocycles. The molecule has 0 radical (unpaired) electrons. The topological polar surface area (TPSA) is 52.8 Å². The Hall–Kier alpha value is -2.86. The van der Waals surface area contributed by atoms with Crippen LogP contribution in [0.15, 0.2) is 54.0 Å². The summed E-state index contributed by atoms with van der Waals surface area (Å²) in [4.78, 5) is 17.6. The van der Waals surface area contributed by atoms with Crippen molar-refractivity contribution in [3.05, 3.63) is 65.0 Å². The van der Waals surface area contributed by atoms with Gasteiger partial charge in [0.15, 0.2) is 4.80 Å². The molecule has 146 valence electrons. The number of fused-ring (bicyclic) bond motifs is 1. The molecule has 6 heteroatoms. The van der Waals surface area contributed by atoms with Gasteiger partial charge in [0.25, 0.3) is 5.91 Å². The third-order valence-electron chi connectivity index (χ3n) is 4.31. The lowest BCUT2D eigenvalue weighted by molar-refractivity contribution is -0.117. The third-order valence-corrected chi connectivity index (χ3v) is 5.35. The quantitative estimate of drug-likeness (QED) is 0.560. The number of aromatic nitrogens is 1. The van der Waals surface area contributed by atoms with Crippen molar-refractivity contribution in [3.8, 4) is 11.5 Å². The first-order valence-electron chi connectivity index (χ1n) is 9.13. The molecule has 5 nitrogen and oxygen atoms in total. The summed E-state index contributed by atoms with van der Waals surface area (Å²) in [7, 11) is 1.64. The van der Waals surface area contributed by atoms with E-state index in [0.717, 1.165) is 32.8 Å². The number of aryl methyl sites for hydroxylation is 1. The molecular weight excluding hydrogens is 372 g/mol. The highest BCUT2D eigenvalue weighted by Gasteiger charge is 2.10. The number of nitrogens with zero attached hydrogens (tertiary/aromatic N) is 2. The van der Waals surface area contributed by atoms with Crippen LogP contribution in [0.1, 0.15) is 18.1 Å². The maximum atomic E-state index is 12.6. The number of methoxy groups -OCH3 is 1. The minimum absolute atomic E-state index is 0.182. The van der Waals surface area contributed by atoms with E-state index in [2.05, 4.69) is 11.6 Å². The summed E-state index contributed by atoms with van der Waals surface area (Å²) in [5, 5.41) is 0. The van der Waals surface area contributed by atoms with E-state index in [0.29, 0.717) is 18.0 Å². The van der Waals surface area contributed by atoms with Crippen molar-refractivity contribution < 1.29 is 14.3 Å². The maximum Gasteiger partial charge on any atom is 0.252 e. The second-order valence-electron chi connectivity index (χ2n) is 6.33. The number of benzene rings is 2.